The van der Waals surface area contributed by atoms with Gasteiger partial charge in [0.05, 0.1) is 22.1 Å². The largest absolute Gasteiger partial charge is 0.456 e. The topological polar surface area (TPSA) is 61.2 Å². The van der Waals surface area contributed by atoms with Crippen molar-refractivity contribution in [3.05, 3.63) is 163 Å². The Morgan fingerprint density at radius 2 is 1.05 bits per heavy atom. The minimum Gasteiger partial charge on any atom is -0.456 e. The fraction of sp³-hybridized carbons (Fsp3) is 0. The zero-order valence-electron chi connectivity index (χ0n) is 29.6. The van der Waals surface area contributed by atoms with E-state index in [0.29, 0.717) is 17.6 Å². The monoisotopic (exact) mass is 733 g/mol. The fourth-order valence-electron chi connectivity index (χ4n) is 8.90. The average Bonchev–Trinajstić information content (AvgIpc) is 4.08. The zero-order valence-corrected chi connectivity index (χ0v) is 30.5. The van der Waals surface area contributed by atoms with E-state index in [1.54, 1.807) is 11.3 Å². The van der Waals surface area contributed by atoms with Gasteiger partial charge in [-0.25, -0.2) is 4.98 Å². The molecule has 6 nitrogen and oxygen atoms in total. The summed E-state index contributed by atoms with van der Waals surface area (Å²) in [5.74, 6) is 1.75. The van der Waals surface area contributed by atoms with Gasteiger partial charge in [0.2, 0.25) is 5.95 Å². The Bertz CT molecular complexity index is 3720. The summed E-state index contributed by atoms with van der Waals surface area (Å²) in [5, 5.41) is 11.8. The van der Waals surface area contributed by atoms with E-state index in [0.717, 1.165) is 60.4 Å². The highest BCUT2D eigenvalue weighted by Gasteiger charge is 2.21. The molecule has 13 rings (SSSR count). The summed E-state index contributed by atoms with van der Waals surface area (Å²) in [6.07, 6.45) is 0. The molecule has 0 aliphatic heterocycles. The molecular formula is C49H27N5OS. The van der Waals surface area contributed by atoms with Gasteiger partial charge in [-0.2, -0.15) is 9.97 Å². The predicted molar refractivity (Wildman–Crippen MR) is 230 cm³/mol. The van der Waals surface area contributed by atoms with E-state index in [1.165, 1.54) is 43.0 Å². The molecule has 0 aliphatic rings. The third kappa shape index (κ3) is 4.12. The number of hydrogen-bond donors (Lipinski definition) is 0. The molecule has 56 heavy (non-hydrogen) atoms. The lowest BCUT2D eigenvalue weighted by Gasteiger charge is -2.11. The molecule has 260 valence electrons. The highest BCUT2D eigenvalue weighted by molar-refractivity contribution is 7.17. The average molecular weight is 734 g/mol. The number of benzene rings is 7. The number of furan rings is 1. The molecule has 6 aromatic heterocycles. The van der Waals surface area contributed by atoms with Crippen LogP contribution >= 0.6 is 11.3 Å². The maximum atomic E-state index is 6.28. The first-order valence-electron chi connectivity index (χ1n) is 18.7. The van der Waals surface area contributed by atoms with E-state index < -0.39 is 0 Å². The lowest BCUT2D eigenvalue weighted by atomic mass is 10.00. The Kier molecular flexibility index (Phi) is 5.95. The van der Waals surface area contributed by atoms with Gasteiger partial charge in [-0.1, -0.05) is 103 Å². The summed E-state index contributed by atoms with van der Waals surface area (Å²) in [6, 6.07) is 55.6. The van der Waals surface area contributed by atoms with Gasteiger partial charge < -0.3 is 4.42 Å². The molecule has 0 aliphatic carbocycles. The fourth-order valence-corrected chi connectivity index (χ4v) is 9.83. The Hall–Kier alpha value is -7.35. The third-order valence-electron chi connectivity index (χ3n) is 11.4. The molecule has 7 aromatic carbocycles. The summed E-state index contributed by atoms with van der Waals surface area (Å²) in [4.78, 5) is 16.7. The molecule has 0 atom stereocenters. The zero-order chi connectivity index (χ0) is 36.5. The van der Waals surface area contributed by atoms with Gasteiger partial charge in [0.15, 0.2) is 11.6 Å². The van der Waals surface area contributed by atoms with Crippen LogP contribution in [0.2, 0.25) is 0 Å². The molecule has 0 amide bonds. The molecule has 0 N–H and O–H groups in total. The minimum atomic E-state index is 0.560. The lowest BCUT2D eigenvalue weighted by molar-refractivity contribution is 0.669. The Morgan fingerprint density at radius 3 is 1.91 bits per heavy atom. The van der Waals surface area contributed by atoms with Crippen LogP contribution in [-0.2, 0) is 0 Å². The first-order valence-corrected chi connectivity index (χ1v) is 19.6. The number of thiophene rings is 1. The molecular weight excluding hydrogens is 707 g/mol. The van der Waals surface area contributed by atoms with Gasteiger partial charge in [0, 0.05) is 54.2 Å². The molecule has 0 bridgehead atoms. The normalized spacial score (nSPS) is 12.3. The minimum absolute atomic E-state index is 0.560. The van der Waals surface area contributed by atoms with Gasteiger partial charge in [-0.15, -0.1) is 11.3 Å². The van der Waals surface area contributed by atoms with E-state index in [9.17, 15) is 0 Å². The van der Waals surface area contributed by atoms with Crippen LogP contribution in [0.15, 0.2) is 168 Å². The highest BCUT2D eigenvalue weighted by atomic mass is 32.1. The van der Waals surface area contributed by atoms with Crippen LogP contribution in [0.4, 0.5) is 0 Å². The number of para-hydroxylation sites is 3. The number of rotatable bonds is 4. The van der Waals surface area contributed by atoms with Crippen LogP contribution in [0.3, 0.4) is 0 Å². The summed E-state index contributed by atoms with van der Waals surface area (Å²) < 4.78 is 10.9. The van der Waals surface area contributed by atoms with Crippen LogP contribution in [0.1, 0.15) is 0 Å². The van der Waals surface area contributed by atoms with Crippen molar-refractivity contribution in [3.8, 4) is 39.9 Å². The second-order valence-electron chi connectivity index (χ2n) is 14.5. The first kappa shape index (κ1) is 30.0. The standard InChI is InChI=1S/C49H27N5OS/c1-2-9-28(10-3-1)46-50-47(31-17-20-34-33-12-5-7-16-43(33)55-44(34)27-31)52-49(51-46)53-40-15-6-4-11-32(40)38-25-29(18-21-41(38)53)30-19-22-42-39(26-30)36-14-8-13-35-37-23-24-56-48(37)54(42)45(35)36/h1-27H. The van der Waals surface area contributed by atoms with Gasteiger partial charge in [0.25, 0.3) is 0 Å². The van der Waals surface area contributed by atoms with Gasteiger partial charge in [0.1, 0.15) is 16.0 Å². The summed E-state index contributed by atoms with van der Waals surface area (Å²) >= 11 is 1.81. The maximum Gasteiger partial charge on any atom is 0.238 e. The highest BCUT2D eigenvalue weighted by Crippen LogP contribution is 2.43. The van der Waals surface area contributed by atoms with Gasteiger partial charge in [-0.05, 0) is 71.1 Å². The van der Waals surface area contributed by atoms with Crippen molar-refractivity contribution in [2.75, 3.05) is 0 Å². The van der Waals surface area contributed by atoms with E-state index >= 15 is 0 Å². The van der Waals surface area contributed by atoms with Crippen LogP contribution in [0, 0.1) is 0 Å². The van der Waals surface area contributed by atoms with E-state index in [1.807, 2.05) is 54.6 Å². The van der Waals surface area contributed by atoms with E-state index in [-0.39, 0.29) is 0 Å². The van der Waals surface area contributed by atoms with Gasteiger partial charge in [-0.3, -0.25) is 8.97 Å². The second-order valence-corrected chi connectivity index (χ2v) is 15.3. The van der Waals surface area contributed by atoms with Crippen molar-refractivity contribution >= 4 is 92.5 Å². The van der Waals surface area contributed by atoms with E-state index in [4.69, 9.17) is 19.4 Å². The number of hydrogen-bond acceptors (Lipinski definition) is 5. The number of aromatic nitrogens is 5. The van der Waals surface area contributed by atoms with Crippen LogP contribution in [0.5, 0.6) is 0 Å². The van der Waals surface area contributed by atoms with Crippen molar-refractivity contribution in [1.82, 2.24) is 23.9 Å². The Balaban J connectivity index is 1.01. The van der Waals surface area contributed by atoms with Crippen molar-refractivity contribution in [2.45, 2.75) is 0 Å². The number of fused-ring (bicyclic) bond motifs is 12. The SMILES string of the molecule is c1ccc(-c2nc(-c3ccc4c(c3)oc3ccccc34)nc(-n3c4ccccc4c4cc(-c5ccc6c(c5)c5cccc7c8ccsc8n6c57)ccc43)n2)cc1. The Morgan fingerprint density at radius 1 is 0.411 bits per heavy atom. The summed E-state index contributed by atoms with van der Waals surface area (Å²) in [7, 11) is 0. The van der Waals surface area contributed by atoms with Crippen molar-refractivity contribution in [2.24, 2.45) is 0 Å². The lowest BCUT2D eigenvalue weighted by Crippen LogP contribution is -2.06. The summed E-state index contributed by atoms with van der Waals surface area (Å²) in [6.45, 7) is 0. The molecule has 13 aromatic rings. The molecule has 0 radical (unpaired) electrons. The molecule has 0 fully saturated rings. The smallest absolute Gasteiger partial charge is 0.238 e. The molecule has 0 unspecified atom stereocenters. The van der Waals surface area contributed by atoms with Crippen molar-refractivity contribution in [3.63, 3.8) is 0 Å². The summed E-state index contributed by atoms with van der Waals surface area (Å²) in [5.41, 5.74) is 10.4. The van der Waals surface area contributed by atoms with Crippen molar-refractivity contribution < 1.29 is 4.42 Å². The van der Waals surface area contributed by atoms with Crippen molar-refractivity contribution in [1.29, 1.82) is 0 Å². The third-order valence-corrected chi connectivity index (χ3v) is 12.3. The van der Waals surface area contributed by atoms with E-state index in [2.05, 4.69) is 117 Å². The number of nitrogens with zero attached hydrogens (tertiary/aromatic N) is 5. The van der Waals surface area contributed by atoms with Crippen LogP contribution in [0.25, 0.3) is 121 Å². The predicted octanol–water partition coefficient (Wildman–Crippen LogP) is 13.1. The van der Waals surface area contributed by atoms with Crippen LogP contribution in [-0.4, -0.2) is 23.9 Å². The Labute approximate surface area is 322 Å². The second kappa shape index (κ2) is 11.1. The quantitative estimate of drug-likeness (QED) is 0.181. The molecule has 6 heterocycles. The van der Waals surface area contributed by atoms with Crippen LogP contribution < -0.4 is 0 Å². The molecule has 0 spiro atoms. The van der Waals surface area contributed by atoms with Gasteiger partial charge >= 0.3 is 0 Å². The molecule has 0 saturated heterocycles. The molecule has 0 saturated carbocycles. The first-order chi connectivity index (χ1) is 27.7. The molecule has 7 heteroatoms. The maximum absolute atomic E-state index is 6.28.